The van der Waals surface area contributed by atoms with E-state index >= 15 is 4.39 Å². The van der Waals surface area contributed by atoms with E-state index in [1.807, 2.05) is 6.08 Å². The van der Waals surface area contributed by atoms with Gasteiger partial charge in [-0.25, -0.2) is 4.39 Å². The van der Waals surface area contributed by atoms with Gasteiger partial charge in [0.25, 0.3) is 0 Å². The third-order valence-electron chi connectivity index (χ3n) is 9.06. The fraction of sp³-hybridized carbons (Fsp3) is 0.741. The van der Waals surface area contributed by atoms with Gasteiger partial charge in [-0.2, -0.15) is 0 Å². The molecule has 0 aromatic rings. The van der Waals surface area contributed by atoms with Gasteiger partial charge in [0.1, 0.15) is 12.8 Å². The zero-order valence-corrected chi connectivity index (χ0v) is 22.5. The summed E-state index contributed by atoms with van der Waals surface area (Å²) in [6, 6.07) is 0. The van der Waals surface area contributed by atoms with Gasteiger partial charge in [0.2, 0.25) is 0 Å². The minimum Gasteiger partial charge on any atom is -0.458 e. The summed E-state index contributed by atoms with van der Waals surface area (Å²) in [5, 5.41) is 0. The Morgan fingerprint density at radius 3 is 2.50 bits per heavy atom. The molecule has 7 heteroatoms. The third-order valence-corrected chi connectivity index (χ3v) is 10.1. The Balaban J connectivity index is 1.77. The second-order valence-corrected chi connectivity index (χ2v) is 17.0. The number of rotatable bonds is 5. The number of ether oxygens (including phenoxy) is 1. The number of fused-ring (bicyclic) bond motifs is 5. The molecule has 0 heterocycles. The number of esters is 1. The van der Waals surface area contributed by atoms with Crippen LogP contribution in [-0.2, 0) is 23.5 Å². The highest BCUT2D eigenvalue weighted by Gasteiger charge is 2.66. The average molecular weight is 491 g/mol. The number of allylic oxidation sites excluding steroid dienone is 4. The van der Waals surface area contributed by atoms with Gasteiger partial charge in [0.15, 0.2) is 19.9 Å². The second kappa shape index (κ2) is 8.51. The molecular formula is C27H39FO5Si. The molecule has 3 unspecified atom stereocenters. The van der Waals surface area contributed by atoms with Gasteiger partial charge in [0.05, 0.1) is 0 Å². The molecule has 4 aliphatic carbocycles. The van der Waals surface area contributed by atoms with Crippen LogP contribution in [0.25, 0.3) is 0 Å². The number of Topliss-reactive ketones (excluding diaryl/α,β-unsaturated/α-hetero) is 1. The highest BCUT2D eigenvalue weighted by atomic mass is 28.4. The zero-order valence-electron chi connectivity index (χ0n) is 21.5. The molecule has 0 aliphatic heterocycles. The zero-order chi connectivity index (χ0) is 25.2. The van der Waals surface area contributed by atoms with Crippen LogP contribution >= 0.6 is 0 Å². The average Bonchev–Trinajstić information content (AvgIpc) is 2.96. The molecule has 5 nitrogen and oxygen atoms in total. The fourth-order valence-electron chi connectivity index (χ4n) is 8.18. The maximum atomic E-state index is 15.7. The molecule has 0 amide bonds. The summed E-state index contributed by atoms with van der Waals surface area (Å²) >= 11 is 0. The molecule has 0 aromatic heterocycles. The standard InChI is InChI=1S/C27H39FO5Si/c1-15-10-19-18-12-21(28)20-11-17(30)8-9-26(20,3)25(18)23(33-34(5,6)7)13-27(19,4)24(15)22(31)14-32-16(2)29/h8-9,11,15,18-19,21,23-25H,10,12-14H2,1-7H3/t15?,18-,19-,21?,23?,24+,25+,26-,27-/m0/s1. The molecule has 0 aromatic carbocycles. The van der Waals surface area contributed by atoms with E-state index in [0.29, 0.717) is 18.4 Å². The number of ketones is 2. The van der Waals surface area contributed by atoms with Crippen molar-refractivity contribution in [3.63, 3.8) is 0 Å². The highest BCUT2D eigenvalue weighted by Crippen LogP contribution is 2.68. The van der Waals surface area contributed by atoms with Crippen LogP contribution in [0.2, 0.25) is 19.6 Å². The van der Waals surface area contributed by atoms with Crippen molar-refractivity contribution in [2.75, 3.05) is 6.61 Å². The van der Waals surface area contributed by atoms with E-state index in [1.54, 1.807) is 6.08 Å². The maximum Gasteiger partial charge on any atom is 0.303 e. The van der Waals surface area contributed by atoms with Crippen LogP contribution < -0.4 is 0 Å². The quantitative estimate of drug-likeness (QED) is 0.398. The van der Waals surface area contributed by atoms with Crippen molar-refractivity contribution in [1.82, 2.24) is 0 Å². The van der Waals surface area contributed by atoms with Crippen molar-refractivity contribution >= 4 is 25.9 Å². The SMILES string of the molecule is CC(=O)OCC(=O)[C@H]1C(C)C[C@H]2[C@@H]3CC(F)C4=CC(=O)C=C[C@]4(C)[C@H]3C(O[Si](C)(C)C)C[C@]12C. The van der Waals surface area contributed by atoms with Gasteiger partial charge in [0, 0.05) is 24.4 Å². The van der Waals surface area contributed by atoms with Crippen LogP contribution in [0.3, 0.4) is 0 Å². The van der Waals surface area contributed by atoms with Crippen molar-refractivity contribution in [3.8, 4) is 0 Å². The number of carbonyl (C=O) groups is 3. The highest BCUT2D eigenvalue weighted by molar-refractivity contribution is 6.69. The first-order valence-electron chi connectivity index (χ1n) is 12.6. The fourth-order valence-corrected chi connectivity index (χ4v) is 9.32. The monoisotopic (exact) mass is 490 g/mol. The van der Waals surface area contributed by atoms with E-state index in [-0.39, 0.29) is 59.3 Å². The molecular weight excluding hydrogens is 451 g/mol. The summed E-state index contributed by atoms with van der Waals surface area (Å²) in [5.41, 5.74) is -0.346. The van der Waals surface area contributed by atoms with E-state index in [1.165, 1.54) is 13.0 Å². The normalized spacial score (nSPS) is 43.5. The Morgan fingerprint density at radius 2 is 1.88 bits per heavy atom. The Kier molecular flexibility index (Phi) is 6.38. The van der Waals surface area contributed by atoms with Crippen LogP contribution in [0.15, 0.2) is 23.8 Å². The van der Waals surface area contributed by atoms with Gasteiger partial charge in [-0.3, -0.25) is 14.4 Å². The number of hydrogen-bond acceptors (Lipinski definition) is 5. The summed E-state index contributed by atoms with van der Waals surface area (Å²) in [7, 11) is -1.97. The molecule has 0 spiro atoms. The summed E-state index contributed by atoms with van der Waals surface area (Å²) in [6.45, 7) is 13.9. The number of alkyl halides is 1. The van der Waals surface area contributed by atoms with E-state index in [4.69, 9.17) is 9.16 Å². The van der Waals surface area contributed by atoms with Gasteiger partial charge in [-0.15, -0.1) is 0 Å². The van der Waals surface area contributed by atoms with Crippen molar-refractivity contribution in [2.24, 2.45) is 40.4 Å². The molecule has 3 saturated carbocycles. The molecule has 3 fully saturated rings. The molecule has 188 valence electrons. The summed E-state index contributed by atoms with van der Waals surface area (Å²) in [6.07, 6.45) is 5.61. The van der Waals surface area contributed by atoms with Gasteiger partial charge in [-0.1, -0.05) is 26.8 Å². The smallest absolute Gasteiger partial charge is 0.303 e. The van der Waals surface area contributed by atoms with E-state index in [0.717, 1.165) is 6.42 Å². The second-order valence-electron chi connectivity index (χ2n) is 12.5. The molecule has 0 saturated heterocycles. The molecule has 34 heavy (non-hydrogen) atoms. The van der Waals surface area contributed by atoms with E-state index in [9.17, 15) is 14.4 Å². The first-order chi connectivity index (χ1) is 15.7. The Labute approximate surface area is 203 Å². The predicted molar refractivity (Wildman–Crippen MR) is 130 cm³/mol. The topological polar surface area (TPSA) is 69.7 Å². The predicted octanol–water partition coefficient (Wildman–Crippen LogP) is 5.07. The van der Waals surface area contributed by atoms with Crippen molar-refractivity contribution in [2.45, 2.75) is 78.9 Å². The lowest BCUT2D eigenvalue weighted by Crippen LogP contribution is -2.60. The number of carbonyl (C=O) groups excluding carboxylic acids is 3. The number of halogens is 1. The van der Waals surface area contributed by atoms with Crippen molar-refractivity contribution in [3.05, 3.63) is 23.8 Å². The van der Waals surface area contributed by atoms with Crippen LogP contribution in [-0.4, -0.2) is 44.7 Å². The van der Waals surface area contributed by atoms with E-state index < -0.39 is 25.9 Å². The lowest BCUT2D eigenvalue weighted by molar-refractivity contribution is -0.152. The minimum atomic E-state index is -1.97. The van der Waals surface area contributed by atoms with Crippen LogP contribution in [0, 0.1) is 40.4 Å². The lowest BCUT2D eigenvalue weighted by Gasteiger charge is -2.60. The van der Waals surface area contributed by atoms with Crippen molar-refractivity contribution in [1.29, 1.82) is 0 Å². The largest absolute Gasteiger partial charge is 0.458 e. The first kappa shape index (κ1) is 25.5. The van der Waals surface area contributed by atoms with Crippen LogP contribution in [0.5, 0.6) is 0 Å². The minimum absolute atomic E-state index is 0.0412. The molecule has 9 atom stereocenters. The molecule has 4 rings (SSSR count). The third kappa shape index (κ3) is 4.17. The van der Waals surface area contributed by atoms with Crippen molar-refractivity contribution < 1.29 is 27.9 Å². The van der Waals surface area contributed by atoms with E-state index in [2.05, 4.69) is 40.4 Å². The summed E-state index contributed by atoms with van der Waals surface area (Å²) in [4.78, 5) is 36.8. The first-order valence-corrected chi connectivity index (χ1v) is 16.0. The van der Waals surface area contributed by atoms with Gasteiger partial charge >= 0.3 is 5.97 Å². The molecule has 0 N–H and O–H groups in total. The summed E-state index contributed by atoms with van der Waals surface area (Å²) in [5.74, 6) is -0.514. The molecule has 0 radical (unpaired) electrons. The number of hydrogen-bond donors (Lipinski definition) is 0. The van der Waals surface area contributed by atoms with Gasteiger partial charge < -0.3 is 9.16 Å². The Hall–Kier alpha value is -1.60. The maximum absolute atomic E-state index is 15.7. The Bertz CT molecular complexity index is 951. The summed E-state index contributed by atoms with van der Waals surface area (Å²) < 4.78 is 27.6. The molecule has 4 aliphatic rings. The van der Waals surface area contributed by atoms with Crippen LogP contribution in [0.1, 0.15) is 47.0 Å². The lowest BCUT2D eigenvalue weighted by atomic mass is 9.46. The Morgan fingerprint density at radius 1 is 1.21 bits per heavy atom. The van der Waals surface area contributed by atoms with Gasteiger partial charge in [-0.05, 0) is 85.7 Å². The van der Waals surface area contributed by atoms with Crippen LogP contribution in [0.4, 0.5) is 4.39 Å². The molecule has 0 bridgehead atoms.